The highest BCUT2D eigenvalue weighted by Crippen LogP contribution is 2.39. The molecule has 2 heterocycles. The number of methoxy groups -OCH3 is 2. The van der Waals surface area contributed by atoms with Crippen molar-refractivity contribution in [3.63, 3.8) is 0 Å². The monoisotopic (exact) mass is 445 g/mol. The molecule has 0 saturated carbocycles. The Labute approximate surface area is 182 Å². The van der Waals surface area contributed by atoms with Crippen molar-refractivity contribution < 1.29 is 22.7 Å². The number of amides is 1. The van der Waals surface area contributed by atoms with Crippen LogP contribution >= 0.6 is 0 Å². The van der Waals surface area contributed by atoms with Crippen molar-refractivity contribution in [2.45, 2.75) is 30.2 Å². The molecule has 2 aliphatic rings. The second-order valence-corrected chi connectivity index (χ2v) is 9.42. The Morgan fingerprint density at radius 3 is 2.65 bits per heavy atom. The Hall–Kier alpha value is -2.78. The van der Waals surface area contributed by atoms with E-state index in [1.807, 2.05) is 28.0 Å². The molecule has 1 unspecified atom stereocenters. The Balaban J connectivity index is 1.54. The zero-order valence-corrected chi connectivity index (χ0v) is 18.5. The summed E-state index contributed by atoms with van der Waals surface area (Å²) in [6, 6.07) is 10.4. The lowest BCUT2D eigenvalue weighted by molar-refractivity contribution is -0.130. The zero-order chi connectivity index (χ0) is 22.2. The van der Waals surface area contributed by atoms with Gasteiger partial charge in [-0.2, -0.15) is 0 Å². The normalized spacial score (nSPS) is 18.2. The van der Waals surface area contributed by atoms with Gasteiger partial charge in [-0.05, 0) is 61.2 Å². The first kappa shape index (κ1) is 21.5. The Morgan fingerprint density at radius 2 is 1.94 bits per heavy atom. The van der Waals surface area contributed by atoms with Gasteiger partial charge in [0, 0.05) is 24.3 Å². The third-order valence-electron chi connectivity index (χ3n) is 6.07. The van der Waals surface area contributed by atoms with Crippen molar-refractivity contribution in [3.05, 3.63) is 47.5 Å². The number of rotatable bonds is 6. The van der Waals surface area contributed by atoms with Crippen LogP contribution in [0.3, 0.4) is 0 Å². The van der Waals surface area contributed by atoms with Crippen LogP contribution in [0.25, 0.3) is 0 Å². The van der Waals surface area contributed by atoms with E-state index in [0.717, 1.165) is 41.2 Å². The first-order valence-electron chi connectivity index (χ1n) is 10.2. The number of nitrogens with zero attached hydrogens (tertiary/aromatic N) is 2. The summed E-state index contributed by atoms with van der Waals surface area (Å²) in [6.45, 7) is 1.59. The maximum Gasteiger partial charge on any atom is 0.242 e. The number of anilines is 1. The summed E-state index contributed by atoms with van der Waals surface area (Å²) in [5, 5.41) is 5.24. The fourth-order valence-corrected chi connectivity index (χ4v) is 5.09. The average molecular weight is 446 g/mol. The van der Waals surface area contributed by atoms with Crippen LogP contribution in [-0.2, 0) is 21.2 Å². The summed E-state index contributed by atoms with van der Waals surface area (Å²) in [7, 11) is -0.495. The molecular formula is C22H27N3O5S. The maximum absolute atomic E-state index is 13.3. The largest absolute Gasteiger partial charge is 0.497 e. The molecular weight excluding hydrogens is 418 g/mol. The summed E-state index contributed by atoms with van der Waals surface area (Å²) >= 11 is 0. The molecule has 9 heteroatoms. The predicted octanol–water partition coefficient (Wildman–Crippen LogP) is 2.08. The van der Waals surface area contributed by atoms with Gasteiger partial charge in [-0.3, -0.25) is 4.79 Å². The number of hydrogen-bond donors (Lipinski definition) is 1. The van der Waals surface area contributed by atoms with Crippen molar-refractivity contribution in [2.75, 3.05) is 38.8 Å². The molecule has 8 nitrogen and oxygen atoms in total. The van der Waals surface area contributed by atoms with Crippen LogP contribution in [0.2, 0.25) is 0 Å². The number of ether oxygens (including phenoxy) is 2. The highest BCUT2D eigenvalue weighted by atomic mass is 32.2. The molecule has 0 aromatic heterocycles. The number of nitrogens with two attached hydrogens (primary N) is 1. The predicted molar refractivity (Wildman–Crippen MR) is 117 cm³/mol. The standard InChI is InChI=1S/C22H27N3O5S/c1-29-16-5-8-21(30-2)18(13-16)20-4-3-10-25(20)22(26)14-24-11-9-15-12-17(31(23,27)28)6-7-19(15)24/h5-8,12-13,20H,3-4,9-11,14H2,1-2H3,(H2,23,27,28). The van der Waals surface area contributed by atoms with Crippen molar-refractivity contribution in [1.82, 2.24) is 4.90 Å². The molecule has 4 rings (SSSR count). The number of carbonyl (C=O) groups excluding carboxylic acids is 1. The van der Waals surface area contributed by atoms with Crippen molar-refractivity contribution in [3.8, 4) is 11.5 Å². The van der Waals surface area contributed by atoms with Crippen molar-refractivity contribution in [1.29, 1.82) is 0 Å². The van der Waals surface area contributed by atoms with Crippen LogP contribution in [0.4, 0.5) is 5.69 Å². The molecule has 0 aliphatic carbocycles. The highest BCUT2D eigenvalue weighted by Gasteiger charge is 2.34. The van der Waals surface area contributed by atoms with Gasteiger partial charge in [0.1, 0.15) is 11.5 Å². The second-order valence-electron chi connectivity index (χ2n) is 7.86. The van der Waals surface area contributed by atoms with Gasteiger partial charge in [-0.15, -0.1) is 0 Å². The van der Waals surface area contributed by atoms with Crippen LogP contribution in [0, 0.1) is 0 Å². The fraction of sp³-hybridized carbons (Fsp3) is 0.409. The van der Waals surface area contributed by atoms with Crippen LogP contribution in [0.1, 0.15) is 30.0 Å². The van der Waals surface area contributed by atoms with Crippen molar-refractivity contribution in [2.24, 2.45) is 5.14 Å². The number of primary sulfonamides is 1. The van der Waals surface area contributed by atoms with Gasteiger partial charge in [-0.25, -0.2) is 13.6 Å². The molecule has 0 radical (unpaired) electrons. The molecule has 2 aromatic carbocycles. The minimum Gasteiger partial charge on any atom is -0.497 e. The van der Waals surface area contributed by atoms with Gasteiger partial charge in [0.05, 0.1) is 31.7 Å². The summed E-state index contributed by atoms with van der Waals surface area (Å²) in [5.74, 6) is 1.51. The van der Waals surface area contributed by atoms with Gasteiger partial charge in [0.25, 0.3) is 0 Å². The van der Waals surface area contributed by atoms with Crippen molar-refractivity contribution >= 4 is 21.6 Å². The Bertz CT molecular complexity index is 1100. The van der Waals surface area contributed by atoms with E-state index < -0.39 is 10.0 Å². The average Bonchev–Trinajstić information content (AvgIpc) is 3.39. The lowest BCUT2D eigenvalue weighted by Gasteiger charge is -2.29. The van der Waals surface area contributed by atoms with E-state index >= 15 is 0 Å². The van der Waals surface area contributed by atoms with E-state index in [4.69, 9.17) is 14.6 Å². The van der Waals surface area contributed by atoms with Gasteiger partial charge in [0.15, 0.2) is 0 Å². The van der Waals surface area contributed by atoms with E-state index in [0.29, 0.717) is 19.5 Å². The first-order valence-corrected chi connectivity index (χ1v) is 11.8. The third-order valence-corrected chi connectivity index (χ3v) is 6.98. The van der Waals surface area contributed by atoms with Gasteiger partial charge < -0.3 is 19.3 Å². The number of fused-ring (bicyclic) bond motifs is 1. The second kappa shape index (κ2) is 8.39. The van der Waals surface area contributed by atoms with Crippen LogP contribution in [0.15, 0.2) is 41.3 Å². The number of sulfonamides is 1. The maximum atomic E-state index is 13.3. The molecule has 1 amide bonds. The van der Waals surface area contributed by atoms with E-state index in [1.54, 1.807) is 26.4 Å². The summed E-state index contributed by atoms with van der Waals surface area (Å²) in [6.07, 6.45) is 2.47. The molecule has 1 fully saturated rings. The van der Waals surface area contributed by atoms with Crippen LogP contribution in [-0.4, -0.2) is 53.1 Å². The molecule has 2 N–H and O–H groups in total. The molecule has 166 valence electrons. The lowest BCUT2D eigenvalue weighted by atomic mass is 10.0. The minimum atomic E-state index is -3.74. The summed E-state index contributed by atoms with van der Waals surface area (Å²) in [4.78, 5) is 17.3. The summed E-state index contributed by atoms with van der Waals surface area (Å²) in [5.41, 5.74) is 2.73. The van der Waals surface area contributed by atoms with E-state index in [9.17, 15) is 13.2 Å². The van der Waals surface area contributed by atoms with E-state index in [-0.39, 0.29) is 23.4 Å². The zero-order valence-electron chi connectivity index (χ0n) is 17.7. The molecule has 0 bridgehead atoms. The Kier molecular flexibility index (Phi) is 5.81. The molecule has 1 saturated heterocycles. The number of carbonyl (C=O) groups is 1. The third kappa shape index (κ3) is 4.20. The van der Waals surface area contributed by atoms with Gasteiger partial charge in [0.2, 0.25) is 15.9 Å². The topological polar surface area (TPSA) is 102 Å². The molecule has 0 spiro atoms. The van der Waals surface area contributed by atoms with E-state index in [1.165, 1.54) is 6.07 Å². The highest BCUT2D eigenvalue weighted by molar-refractivity contribution is 7.89. The summed E-state index contributed by atoms with van der Waals surface area (Å²) < 4.78 is 34.1. The lowest BCUT2D eigenvalue weighted by Crippen LogP contribution is -2.39. The van der Waals surface area contributed by atoms with Gasteiger partial charge >= 0.3 is 0 Å². The molecule has 2 aromatic rings. The number of benzene rings is 2. The minimum absolute atomic E-state index is 0.0377. The Morgan fingerprint density at radius 1 is 1.13 bits per heavy atom. The molecule has 31 heavy (non-hydrogen) atoms. The SMILES string of the molecule is COc1ccc(OC)c(C2CCCN2C(=O)CN2CCc3cc(S(N)(=O)=O)ccc32)c1. The first-order chi connectivity index (χ1) is 14.8. The van der Waals surface area contributed by atoms with E-state index in [2.05, 4.69) is 0 Å². The fourth-order valence-electron chi connectivity index (χ4n) is 4.53. The van der Waals surface area contributed by atoms with Crippen LogP contribution in [0.5, 0.6) is 11.5 Å². The smallest absolute Gasteiger partial charge is 0.242 e. The van der Waals surface area contributed by atoms with Gasteiger partial charge in [-0.1, -0.05) is 0 Å². The number of likely N-dealkylation sites (tertiary alicyclic amines) is 1. The number of hydrogen-bond acceptors (Lipinski definition) is 6. The molecule has 1 atom stereocenters. The molecule has 2 aliphatic heterocycles. The van der Waals surface area contributed by atoms with Crippen LogP contribution < -0.4 is 19.5 Å². The quantitative estimate of drug-likeness (QED) is 0.730.